The highest BCUT2D eigenvalue weighted by Crippen LogP contribution is 2.57. The highest BCUT2D eigenvalue weighted by atomic mass is 32.4. The Bertz CT molecular complexity index is 371. The van der Waals surface area contributed by atoms with Crippen molar-refractivity contribution in [3.63, 3.8) is 0 Å². The second-order valence-corrected chi connectivity index (χ2v) is 9.35. The summed E-state index contributed by atoms with van der Waals surface area (Å²) in [6, 6.07) is -0.0427. The molecule has 0 aromatic heterocycles. The maximum atomic E-state index is 5.96. The molecule has 6 atom stereocenters. The molecule has 6 nitrogen and oxygen atoms in total. The van der Waals surface area contributed by atoms with Gasteiger partial charge in [-0.1, -0.05) is 11.8 Å². The molecule has 0 saturated carbocycles. The molecule has 112 valence electrons. The molecule has 0 amide bonds. The largest absolute Gasteiger partial charge is 0.382 e. The molecule has 2 rings (SSSR count). The van der Waals surface area contributed by atoms with Crippen molar-refractivity contribution in [3.8, 4) is 0 Å². The SMILES string of the molecule is COC[C@H]1O[C@@H]2O[P@](C)(=S)N(C)[C@@H]2[C@@H](OC)[C@@H]1OC. The van der Waals surface area contributed by atoms with E-state index in [0.717, 1.165) is 0 Å². The number of methoxy groups -OCH3 is 3. The average Bonchev–Trinajstić information content (AvgIpc) is 2.58. The topological polar surface area (TPSA) is 49.4 Å². The van der Waals surface area contributed by atoms with Gasteiger partial charge in [0, 0.05) is 28.0 Å². The summed E-state index contributed by atoms with van der Waals surface area (Å²) < 4.78 is 30.3. The van der Waals surface area contributed by atoms with Crippen LogP contribution in [-0.2, 0) is 35.3 Å². The molecule has 0 aromatic carbocycles. The smallest absolute Gasteiger partial charge is 0.182 e. The van der Waals surface area contributed by atoms with E-state index < -0.39 is 6.42 Å². The number of ether oxygens (including phenoxy) is 4. The van der Waals surface area contributed by atoms with E-state index in [9.17, 15) is 0 Å². The monoisotopic (exact) mass is 311 g/mol. The normalized spacial score (nSPS) is 47.3. The van der Waals surface area contributed by atoms with Crippen LogP contribution in [-0.4, -0.2) is 77.0 Å². The van der Waals surface area contributed by atoms with E-state index in [2.05, 4.69) is 4.67 Å². The molecule has 0 N–H and O–H groups in total. The van der Waals surface area contributed by atoms with Crippen LogP contribution in [0.1, 0.15) is 0 Å². The fourth-order valence-corrected chi connectivity index (χ4v) is 4.75. The number of hydrogen-bond donors (Lipinski definition) is 0. The van der Waals surface area contributed by atoms with E-state index in [1.807, 2.05) is 13.7 Å². The van der Waals surface area contributed by atoms with Crippen LogP contribution in [0.4, 0.5) is 0 Å². The summed E-state index contributed by atoms with van der Waals surface area (Å²) in [4.78, 5) is 0. The van der Waals surface area contributed by atoms with Crippen molar-refractivity contribution in [1.82, 2.24) is 4.67 Å². The molecule has 2 aliphatic heterocycles. The maximum absolute atomic E-state index is 5.96. The second kappa shape index (κ2) is 6.03. The van der Waals surface area contributed by atoms with Gasteiger partial charge in [-0.25, -0.2) is 4.67 Å². The molecule has 0 aromatic rings. The molecule has 19 heavy (non-hydrogen) atoms. The van der Waals surface area contributed by atoms with Crippen molar-refractivity contribution in [3.05, 3.63) is 0 Å². The highest BCUT2D eigenvalue weighted by Gasteiger charge is 2.55. The third-order valence-corrected chi connectivity index (χ3v) is 6.84. The molecule has 8 heteroatoms. The molecule has 0 radical (unpaired) electrons. The molecular formula is C11H22NO5PS. The van der Waals surface area contributed by atoms with Crippen LogP contribution in [0.5, 0.6) is 0 Å². The average molecular weight is 311 g/mol. The molecule has 2 fully saturated rings. The molecular weight excluding hydrogens is 289 g/mol. The minimum Gasteiger partial charge on any atom is -0.382 e. The Hall–Kier alpha value is 0.410. The van der Waals surface area contributed by atoms with Gasteiger partial charge in [0.25, 0.3) is 0 Å². The Kier molecular flexibility index (Phi) is 5.02. The fraction of sp³-hybridized carbons (Fsp3) is 1.00. The van der Waals surface area contributed by atoms with E-state index in [4.69, 9.17) is 35.3 Å². The molecule has 2 aliphatic rings. The number of hydrogen-bond acceptors (Lipinski definition) is 6. The third kappa shape index (κ3) is 2.76. The van der Waals surface area contributed by atoms with Crippen molar-refractivity contribution in [2.45, 2.75) is 30.6 Å². The fourth-order valence-electron chi connectivity index (χ4n) is 2.73. The number of fused-ring (bicyclic) bond motifs is 1. The number of nitrogens with zero attached hydrogens (tertiary/aromatic N) is 1. The van der Waals surface area contributed by atoms with Crippen LogP contribution in [0.25, 0.3) is 0 Å². The van der Waals surface area contributed by atoms with Gasteiger partial charge in [-0.15, -0.1) is 0 Å². The van der Waals surface area contributed by atoms with E-state index in [0.29, 0.717) is 6.61 Å². The van der Waals surface area contributed by atoms with Crippen molar-refractivity contribution < 1.29 is 23.5 Å². The van der Waals surface area contributed by atoms with E-state index in [1.165, 1.54) is 0 Å². The molecule has 2 saturated heterocycles. The summed E-state index contributed by atoms with van der Waals surface area (Å²) in [6.45, 7) is 2.38. The minimum atomic E-state index is -2.01. The summed E-state index contributed by atoms with van der Waals surface area (Å²) in [5.74, 6) is 0. The first-order chi connectivity index (χ1) is 8.96. The van der Waals surface area contributed by atoms with E-state index in [1.54, 1.807) is 21.3 Å². The first-order valence-corrected chi connectivity index (χ1v) is 9.27. The van der Waals surface area contributed by atoms with Gasteiger partial charge in [0.15, 0.2) is 6.29 Å². The lowest BCUT2D eigenvalue weighted by atomic mass is 9.97. The Morgan fingerprint density at radius 1 is 1.21 bits per heavy atom. The summed E-state index contributed by atoms with van der Waals surface area (Å²) >= 11 is 5.53. The zero-order valence-corrected chi connectivity index (χ0v) is 13.6. The van der Waals surface area contributed by atoms with Gasteiger partial charge in [0.05, 0.1) is 12.6 Å². The van der Waals surface area contributed by atoms with Gasteiger partial charge in [-0.3, -0.25) is 0 Å². The zero-order valence-electron chi connectivity index (χ0n) is 11.9. The quantitative estimate of drug-likeness (QED) is 0.707. The van der Waals surface area contributed by atoms with Crippen LogP contribution in [0.3, 0.4) is 0 Å². The minimum absolute atomic E-state index is 0.0427. The second-order valence-electron chi connectivity index (χ2n) is 4.87. The molecule has 0 spiro atoms. The molecule has 0 unspecified atom stereocenters. The van der Waals surface area contributed by atoms with Crippen LogP contribution in [0, 0.1) is 0 Å². The molecule has 0 aliphatic carbocycles. The van der Waals surface area contributed by atoms with E-state index in [-0.39, 0.29) is 30.6 Å². The zero-order chi connectivity index (χ0) is 14.2. The Balaban J connectivity index is 2.27. The van der Waals surface area contributed by atoms with Crippen molar-refractivity contribution in [2.24, 2.45) is 0 Å². The van der Waals surface area contributed by atoms with Crippen molar-refractivity contribution in [2.75, 3.05) is 41.6 Å². The number of rotatable bonds is 4. The van der Waals surface area contributed by atoms with Crippen LogP contribution in [0.2, 0.25) is 0 Å². The molecule has 0 bridgehead atoms. The van der Waals surface area contributed by atoms with E-state index >= 15 is 0 Å². The van der Waals surface area contributed by atoms with Crippen LogP contribution in [0.15, 0.2) is 0 Å². The number of likely N-dealkylation sites (N-methyl/N-ethyl adjacent to an activating group) is 1. The van der Waals surface area contributed by atoms with Gasteiger partial charge in [0.1, 0.15) is 24.7 Å². The van der Waals surface area contributed by atoms with Gasteiger partial charge >= 0.3 is 0 Å². The van der Waals surface area contributed by atoms with Gasteiger partial charge in [0.2, 0.25) is 0 Å². The summed E-state index contributed by atoms with van der Waals surface area (Å²) in [5.41, 5.74) is 0. The summed E-state index contributed by atoms with van der Waals surface area (Å²) in [7, 11) is 6.93. The van der Waals surface area contributed by atoms with Crippen molar-refractivity contribution in [1.29, 1.82) is 0 Å². The first kappa shape index (κ1) is 15.8. The first-order valence-electron chi connectivity index (χ1n) is 6.15. The predicted octanol–water partition coefficient (Wildman–Crippen LogP) is 0.658. The lowest BCUT2D eigenvalue weighted by Crippen LogP contribution is -2.61. The maximum Gasteiger partial charge on any atom is 0.182 e. The molecule has 2 heterocycles. The summed E-state index contributed by atoms with van der Waals surface area (Å²) in [6.07, 6.45) is -2.96. The lowest BCUT2D eigenvalue weighted by Gasteiger charge is -2.43. The van der Waals surface area contributed by atoms with Gasteiger partial charge in [-0.2, -0.15) is 0 Å². The van der Waals surface area contributed by atoms with Crippen LogP contribution >= 0.6 is 6.42 Å². The Morgan fingerprint density at radius 3 is 2.37 bits per heavy atom. The summed E-state index contributed by atoms with van der Waals surface area (Å²) in [5, 5.41) is 0. The van der Waals surface area contributed by atoms with Gasteiger partial charge in [-0.05, 0) is 7.05 Å². The lowest BCUT2D eigenvalue weighted by molar-refractivity contribution is -0.250. The van der Waals surface area contributed by atoms with Crippen LogP contribution < -0.4 is 0 Å². The van der Waals surface area contributed by atoms with Crippen molar-refractivity contribution >= 4 is 18.2 Å². The third-order valence-electron chi connectivity index (χ3n) is 3.79. The standard InChI is InChI=1S/C11H22NO5PS/c1-12-8-10(15-4)9(14-3)7(6-13-2)16-11(8)17-18(12,5)19/h7-11H,6H2,1-5H3/t7-,8-,9-,10-,11-,18-/m1/s1. The predicted molar refractivity (Wildman–Crippen MR) is 75.0 cm³/mol. The highest BCUT2D eigenvalue weighted by molar-refractivity contribution is 8.10. The Labute approximate surface area is 119 Å². The van der Waals surface area contributed by atoms with Gasteiger partial charge < -0.3 is 23.5 Å². The Morgan fingerprint density at radius 2 is 1.84 bits per heavy atom.